The maximum absolute atomic E-state index is 13.0. The van der Waals surface area contributed by atoms with Crippen molar-refractivity contribution in [2.24, 2.45) is 11.8 Å². The van der Waals surface area contributed by atoms with Crippen LogP contribution < -0.4 is 10.6 Å². The lowest BCUT2D eigenvalue weighted by Gasteiger charge is -2.42. The summed E-state index contributed by atoms with van der Waals surface area (Å²) in [5.41, 5.74) is 2.38. The summed E-state index contributed by atoms with van der Waals surface area (Å²) in [6.45, 7) is 2.78. The average Bonchev–Trinajstić information content (AvgIpc) is 2.87. The first-order valence-electron chi connectivity index (χ1n) is 12.7. The summed E-state index contributed by atoms with van der Waals surface area (Å²) in [5, 5.41) is 6.07. The van der Waals surface area contributed by atoms with Crippen LogP contribution in [0.5, 0.6) is 0 Å². The van der Waals surface area contributed by atoms with Crippen LogP contribution in [-0.4, -0.2) is 60.4 Å². The number of urea groups is 1. The van der Waals surface area contributed by atoms with Gasteiger partial charge in [-0.15, -0.1) is 0 Å². The molecule has 1 saturated heterocycles. The molecule has 4 amide bonds. The SMILES string of the molecule is CN(CCCNC(=O)C1CCC2C(=O)N(CCc3ccccc3)C(=O)NC2C1)Cc1ccccc1. The van der Waals surface area contributed by atoms with Crippen molar-refractivity contribution in [1.29, 1.82) is 0 Å². The lowest BCUT2D eigenvalue weighted by molar-refractivity contribution is -0.139. The van der Waals surface area contributed by atoms with E-state index in [-0.39, 0.29) is 35.7 Å². The van der Waals surface area contributed by atoms with Gasteiger partial charge < -0.3 is 15.5 Å². The van der Waals surface area contributed by atoms with Gasteiger partial charge in [-0.05, 0) is 56.8 Å². The van der Waals surface area contributed by atoms with Crippen LogP contribution in [0.4, 0.5) is 4.79 Å². The molecule has 7 heteroatoms. The van der Waals surface area contributed by atoms with E-state index in [1.165, 1.54) is 10.5 Å². The quantitative estimate of drug-likeness (QED) is 0.516. The molecule has 1 aliphatic carbocycles. The van der Waals surface area contributed by atoms with E-state index in [0.29, 0.717) is 38.8 Å². The summed E-state index contributed by atoms with van der Waals surface area (Å²) in [6.07, 6.45) is 3.34. The van der Waals surface area contributed by atoms with Crippen molar-refractivity contribution in [1.82, 2.24) is 20.4 Å². The van der Waals surface area contributed by atoms with E-state index in [2.05, 4.69) is 34.7 Å². The smallest absolute Gasteiger partial charge is 0.324 e. The maximum atomic E-state index is 13.0. The molecule has 3 atom stereocenters. The number of carbonyl (C=O) groups is 3. The van der Waals surface area contributed by atoms with E-state index < -0.39 is 0 Å². The molecule has 2 fully saturated rings. The van der Waals surface area contributed by atoms with Gasteiger partial charge in [0.25, 0.3) is 0 Å². The van der Waals surface area contributed by atoms with Crippen LogP contribution in [0.25, 0.3) is 0 Å². The minimum absolute atomic E-state index is 0.0300. The molecular formula is C28H36N4O3. The van der Waals surface area contributed by atoms with Gasteiger partial charge in [0, 0.05) is 31.6 Å². The standard InChI is InChI=1S/C28H36N4O3/c1-31(20-22-11-6-3-7-12-22)17-8-16-29-26(33)23-13-14-24-25(19-23)30-28(35)32(27(24)34)18-15-21-9-4-2-5-10-21/h2-7,9-12,23-25H,8,13-20H2,1H3,(H,29,33)(H,30,35). The van der Waals surface area contributed by atoms with Crippen LogP contribution in [0.2, 0.25) is 0 Å². The van der Waals surface area contributed by atoms with Gasteiger partial charge in [-0.1, -0.05) is 60.7 Å². The van der Waals surface area contributed by atoms with Gasteiger partial charge in [0.05, 0.1) is 5.92 Å². The Labute approximate surface area is 207 Å². The molecule has 0 aromatic heterocycles. The Morgan fingerprint density at radius 2 is 1.71 bits per heavy atom. The Balaban J connectivity index is 1.19. The van der Waals surface area contributed by atoms with Crippen molar-refractivity contribution in [2.45, 2.75) is 44.7 Å². The zero-order chi connectivity index (χ0) is 24.6. The molecule has 2 aromatic rings. The third-order valence-electron chi connectivity index (χ3n) is 7.14. The fourth-order valence-electron chi connectivity index (χ4n) is 5.18. The molecule has 2 N–H and O–H groups in total. The topological polar surface area (TPSA) is 81.8 Å². The molecule has 1 aliphatic heterocycles. The summed E-state index contributed by atoms with van der Waals surface area (Å²) in [4.78, 5) is 42.0. The van der Waals surface area contributed by atoms with Crippen molar-refractivity contribution >= 4 is 17.8 Å². The molecule has 1 saturated carbocycles. The Morgan fingerprint density at radius 1 is 1.03 bits per heavy atom. The van der Waals surface area contributed by atoms with E-state index in [9.17, 15) is 14.4 Å². The zero-order valence-corrected chi connectivity index (χ0v) is 20.5. The molecule has 3 unspecified atom stereocenters. The molecule has 1 heterocycles. The monoisotopic (exact) mass is 476 g/mol. The van der Waals surface area contributed by atoms with Crippen LogP contribution >= 0.6 is 0 Å². The highest BCUT2D eigenvalue weighted by molar-refractivity contribution is 5.99. The molecule has 186 valence electrons. The summed E-state index contributed by atoms with van der Waals surface area (Å²) in [6, 6.07) is 19.6. The lowest BCUT2D eigenvalue weighted by atomic mass is 9.76. The third-order valence-corrected chi connectivity index (χ3v) is 7.14. The molecule has 2 aromatic carbocycles. The Bertz CT molecular complexity index is 998. The molecule has 0 bridgehead atoms. The van der Waals surface area contributed by atoms with Crippen molar-refractivity contribution in [3.8, 4) is 0 Å². The predicted molar refractivity (Wildman–Crippen MR) is 135 cm³/mol. The number of hydrogen-bond acceptors (Lipinski definition) is 4. The van der Waals surface area contributed by atoms with E-state index in [1.54, 1.807) is 0 Å². The molecule has 0 radical (unpaired) electrons. The normalized spacial score (nSPS) is 22.0. The van der Waals surface area contributed by atoms with Gasteiger partial charge in [-0.2, -0.15) is 0 Å². The fraction of sp³-hybridized carbons (Fsp3) is 0.464. The van der Waals surface area contributed by atoms with Gasteiger partial charge in [-0.25, -0.2) is 4.79 Å². The van der Waals surface area contributed by atoms with Crippen LogP contribution in [0, 0.1) is 11.8 Å². The Hall–Kier alpha value is -3.19. The van der Waals surface area contributed by atoms with Gasteiger partial charge >= 0.3 is 6.03 Å². The number of imide groups is 1. The van der Waals surface area contributed by atoms with Crippen LogP contribution in [0.3, 0.4) is 0 Å². The largest absolute Gasteiger partial charge is 0.356 e. The third kappa shape index (κ3) is 6.69. The minimum Gasteiger partial charge on any atom is -0.356 e. The second-order valence-electron chi connectivity index (χ2n) is 9.77. The van der Waals surface area contributed by atoms with E-state index in [1.807, 2.05) is 48.5 Å². The van der Waals surface area contributed by atoms with Crippen LogP contribution in [-0.2, 0) is 22.6 Å². The molecule has 0 spiro atoms. The average molecular weight is 477 g/mol. The first kappa shape index (κ1) is 24.9. The molecule has 2 aliphatic rings. The number of hydrogen-bond donors (Lipinski definition) is 2. The molecule has 4 rings (SSSR count). The van der Waals surface area contributed by atoms with Crippen LogP contribution in [0.1, 0.15) is 36.8 Å². The molecule has 7 nitrogen and oxygen atoms in total. The number of amides is 4. The summed E-state index contributed by atoms with van der Waals surface area (Å²) in [5.74, 6) is -0.473. The molecular weight excluding hydrogens is 440 g/mol. The highest BCUT2D eigenvalue weighted by atomic mass is 16.2. The van der Waals surface area contributed by atoms with Gasteiger partial charge in [0.15, 0.2) is 0 Å². The number of rotatable bonds is 10. The van der Waals surface area contributed by atoms with E-state index in [0.717, 1.165) is 25.1 Å². The van der Waals surface area contributed by atoms with Gasteiger partial charge in [0.1, 0.15) is 0 Å². The number of nitrogens with zero attached hydrogens (tertiary/aromatic N) is 2. The maximum Gasteiger partial charge on any atom is 0.324 e. The highest BCUT2D eigenvalue weighted by Crippen LogP contribution is 2.33. The number of nitrogens with one attached hydrogen (secondary N) is 2. The van der Waals surface area contributed by atoms with E-state index in [4.69, 9.17) is 0 Å². The summed E-state index contributed by atoms with van der Waals surface area (Å²) >= 11 is 0. The van der Waals surface area contributed by atoms with Crippen molar-refractivity contribution in [2.75, 3.05) is 26.7 Å². The van der Waals surface area contributed by atoms with Gasteiger partial charge in [-0.3, -0.25) is 14.5 Å². The first-order chi connectivity index (χ1) is 17.0. The van der Waals surface area contributed by atoms with Crippen molar-refractivity contribution < 1.29 is 14.4 Å². The minimum atomic E-state index is -0.338. The Morgan fingerprint density at radius 3 is 2.43 bits per heavy atom. The number of fused-ring (bicyclic) bond motifs is 1. The highest BCUT2D eigenvalue weighted by Gasteiger charge is 2.45. The lowest BCUT2D eigenvalue weighted by Crippen LogP contribution is -2.62. The summed E-state index contributed by atoms with van der Waals surface area (Å²) < 4.78 is 0. The second kappa shape index (κ2) is 12.0. The second-order valence-corrected chi connectivity index (χ2v) is 9.77. The fourth-order valence-corrected chi connectivity index (χ4v) is 5.18. The zero-order valence-electron chi connectivity index (χ0n) is 20.5. The number of carbonyl (C=O) groups excluding carboxylic acids is 3. The van der Waals surface area contributed by atoms with E-state index >= 15 is 0 Å². The number of benzene rings is 2. The first-order valence-corrected chi connectivity index (χ1v) is 12.7. The van der Waals surface area contributed by atoms with Crippen molar-refractivity contribution in [3.05, 3.63) is 71.8 Å². The summed E-state index contributed by atoms with van der Waals surface area (Å²) in [7, 11) is 2.09. The van der Waals surface area contributed by atoms with Crippen LogP contribution in [0.15, 0.2) is 60.7 Å². The Kier molecular flexibility index (Phi) is 8.53. The molecule has 35 heavy (non-hydrogen) atoms. The van der Waals surface area contributed by atoms with Crippen molar-refractivity contribution in [3.63, 3.8) is 0 Å². The van der Waals surface area contributed by atoms with Gasteiger partial charge in [0.2, 0.25) is 11.8 Å². The predicted octanol–water partition coefficient (Wildman–Crippen LogP) is 3.20.